The minimum Gasteiger partial charge on any atom is -0.317 e. The van der Waals surface area contributed by atoms with Crippen LogP contribution in [-0.4, -0.2) is 28.1 Å². The molecule has 19 heavy (non-hydrogen) atoms. The van der Waals surface area contributed by atoms with Crippen LogP contribution in [0.4, 0.5) is 0 Å². The van der Waals surface area contributed by atoms with Gasteiger partial charge in [-0.1, -0.05) is 19.8 Å². The maximum Gasteiger partial charge on any atom is 0.250 e. The summed E-state index contributed by atoms with van der Waals surface area (Å²) in [5.41, 5.74) is 0. The molecule has 0 spiro atoms. The molecular formula is C13H22N2O2S2. The summed E-state index contributed by atoms with van der Waals surface area (Å²) in [4.78, 5) is 1.11. The summed E-state index contributed by atoms with van der Waals surface area (Å²) >= 11 is 1.37. The summed E-state index contributed by atoms with van der Waals surface area (Å²) in [7, 11) is -3.29. The van der Waals surface area contributed by atoms with Gasteiger partial charge in [-0.15, -0.1) is 11.3 Å². The molecule has 1 heterocycles. The molecule has 0 bridgehead atoms. The standard InChI is InChI=1S/C13H22N2O2S2/c1-2-14-9-8-12-5-6-13(18-12)19(16,17)15-10-7-11-3-4-11/h5-6,11,14-15H,2-4,7-10H2,1H3. The first-order chi connectivity index (χ1) is 9.12. The highest BCUT2D eigenvalue weighted by atomic mass is 32.2. The van der Waals surface area contributed by atoms with E-state index in [4.69, 9.17) is 0 Å². The first-order valence-corrected chi connectivity index (χ1v) is 9.21. The number of nitrogens with one attached hydrogen (secondary N) is 2. The minimum absolute atomic E-state index is 0.440. The second-order valence-corrected chi connectivity index (χ2v) is 8.12. The minimum atomic E-state index is -3.29. The van der Waals surface area contributed by atoms with Crippen molar-refractivity contribution >= 4 is 21.4 Å². The summed E-state index contributed by atoms with van der Waals surface area (Å²) in [5, 5.41) is 3.24. The summed E-state index contributed by atoms with van der Waals surface area (Å²) in [6.07, 6.45) is 4.37. The maximum atomic E-state index is 12.1. The Morgan fingerprint density at radius 2 is 2.11 bits per heavy atom. The highest BCUT2D eigenvalue weighted by Crippen LogP contribution is 2.32. The van der Waals surface area contributed by atoms with Crippen LogP contribution in [0.2, 0.25) is 0 Å². The molecule has 1 aromatic heterocycles. The molecule has 4 nitrogen and oxygen atoms in total. The molecule has 0 amide bonds. The van der Waals surface area contributed by atoms with Gasteiger partial charge >= 0.3 is 0 Å². The molecule has 1 aliphatic rings. The SMILES string of the molecule is CCNCCc1ccc(S(=O)(=O)NCCC2CC2)s1. The van der Waals surface area contributed by atoms with E-state index in [0.717, 1.165) is 36.7 Å². The van der Waals surface area contributed by atoms with Crippen molar-refractivity contribution in [1.29, 1.82) is 0 Å². The van der Waals surface area contributed by atoms with E-state index in [1.807, 2.05) is 6.07 Å². The molecule has 0 atom stereocenters. The first kappa shape index (κ1) is 15.0. The van der Waals surface area contributed by atoms with Crippen LogP contribution in [0, 0.1) is 5.92 Å². The average Bonchev–Trinajstić information content (AvgIpc) is 3.05. The second kappa shape index (κ2) is 6.83. The van der Waals surface area contributed by atoms with Gasteiger partial charge < -0.3 is 5.32 Å². The highest BCUT2D eigenvalue weighted by molar-refractivity contribution is 7.91. The van der Waals surface area contributed by atoms with Crippen molar-refractivity contribution in [2.75, 3.05) is 19.6 Å². The Balaban J connectivity index is 1.84. The van der Waals surface area contributed by atoms with Crippen LogP contribution in [0.15, 0.2) is 16.3 Å². The number of rotatable bonds is 9. The van der Waals surface area contributed by atoms with E-state index in [-0.39, 0.29) is 0 Å². The molecular weight excluding hydrogens is 280 g/mol. The lowest BCUT2D eigenvalue weighted by atomic mass is 10.3. The van der Waals surface area contributed by atoms with Crippen LogP contribution < -0.4 is 10.0 Å². The molecule has 0 aromatic carbocycles. The average molecular weight is 302 g/mol. The van der Waals surface area contributed by atoms with E-state index in [1.54, 1.807) is 6.07 Å². The Labute approximate surface area is 119 Å². The van der Waals surface area contributed by atoms with Gasteiger partial charge in [0.1, 0.15) is 4.21 Å². The number of hydrogen-bond acceptors (Lipinski definition) is 4. The van der Waals surface area contributed by atoms with Crippen molar-refractivity contribution in [3.63, 3.8) is 0 Å². The van der Waals surface area contributed by atoms with Crippen molar-refractivity contribution in [3.8, 4) is 0 Å². The summed E-state index contributed by atoms with van der Waals surface area (Å²) in [5.74, 6) is 0.752. The lowest BCUT2D eigenvalue weighted by Gasteiger charge is -2.03. The van der Waals surface area contributed by atoms with Gasteiger partial charge in [-0.25, -0.2) is 13.1 Å². The lowest BCUT2D eigenvalue weighted by Crippen LogP contribution is -2.24. The Morgan fingerprint density at radius 3 is 2.79 bits per heavy atom. The molecule has 108 valence electrons. The van der Waals surface area contributed by atoms with Gasteiger partial charge in [0.05, 0.1) is 0 Å². The van der Waals surface area contributed by atoms with Crippen LogP contribution in [-0.2, 0) is 16.4 Å². The van der Waals surface area contributed by atoms with Gasteiger partial charge in [0.15, 0.2) is 0 Å². The summed E-state index contributed by atoms with van der Waals surface area (Å²) in [6, 6.07) is 3.63. The van der Waals surface area contributed by atoms with Gasteiger partial charge in [0.2, 0.25) is 10.0 Å². The number of hydrogen-bond donors (Lipinski definition) is 2. The van der Waals surface area contributed by atoms with Gasteiger partial charge in [0.25, 0.3) is 0 Å². The number of sulfonamides is 1. The first-order valence-electron chi connectivity index (χ1n) is 6.91. The number of thiophene rings is 1. The second-order valence-electron chi connectivity index (χ2n) is 4.95. The normalized spacial score (nSPS) is 15.8. The van der Waals surface area contributed by atoms with Gasteiger partial charge in [-0.05, 0) is 44.0 Å². The zero-order valence-corrected chi connectivity index (χ0v) is 12.9. The van der Waals surface area contributed by atoms with Crippen molar-refractivity contribution < 1.29 is 8.42 Å². The molecule has 0 radical (unpaired) electrons. The van der Waals surface area contributed by atoms with Crippen LogP contribution >= 0.6 is 11.3 Å². The maximum absolute atomic E-state index is 12.1. The predicted molar refractivity (Wildman–Crippen MR) is 79.1 cm³/mol. The smallest absolute Gasteiger partial charge is 0.250 e. The molecule has 6 heteroatoms. The Kier molecular flexibility index (Phi) is 5.38. The topological polar surface area (TPSA) is 58.2 Å². The third-order valence-electron chi connectivity index (χ3n) is 3.24. The zero-order chi connectivity index (χ0) is 13.7. The third-order valence-corrected chi connectivity index (χ3v) is 6.34. The fraction of sp³-hybridized carbons (Fsp3) is 0.692. The Hall–Kier alpha value is -0.430. The van der Waals surface area contributed by atoms with E-state index in [1.165, 1.54) is 24.2 Å². The summed E-state index contributed by atoms with van der Waals surface area (Å²) in [6.45, 7) is 4.47. The van der Waals surface area contributed by atoms with Crippen molar-refractivity contribution in [2.45, 2.75) is 36.8 Å². The fourth-order valence-electron chi connectivity index (χ4n) is 1.90. The number of likely N-dealkylation sites (N-methyl/N-ethyl adjacent to an activating group) is 1. The molecule has 0 aliphatic heterocycles. The van der Waals surface area contributed by atoms with Crippen molar-refractivity contribution in [2.24, 2.45) is 5.92 Å². The van der Waals surface area contributed by atoms with E-state index >= 15 is 0 Å². The van der Waals surface area contributed by atoms with Crippen LogP contribution in [0.1, 0.15) is 31.1 Å². The van der Waals surface area contributed by atoms with E-state index in [9.17, 15) is 8.42 Å². The highest BCUT2D eigenvalue weighted by Gasteiger charge is 2.22. The van der Waals surface area contributed by atoms with E-state index in [0.29, 0.717) is 10.8 Å². The molecule has 2 rings (SSSR count). The van der Waals surface area contributed by atoms with E-state index in [2.05, 4.69) is 17.0 Å². The van der Waals surface area contributed by atoms with E-state index < -0.39 is 10.0 Å². The van der Waals surface area contributed by atoms with Gasteiger partial charge in [-0.3, -0.25) is 0 Å². The van der Waals surface area contributed by atoms with Crippen molar-refractivity contribution in [1.82, 2.24) is 10.0 Å². The van der Waals surface area contributed by atoms with Crippen LogP contribution in [0.25, 0.3) is 0 Å². The predicted octanol–water partition coefficient (Wildman–Crippen LogP) is 1.98. The quantitative estimate of drug-likeness (QED) is 0.686. The monoisotopic (exact) mass is 302 g/mol. The molecule has 0 saturated heterocycles. The molecule has 1 aromatic rings. The van der Waals surface area contributed by atoms with Crippen LogP contribution in [0.5, 0.6) is 0 Å². The van der Waals surface area contributed by atoms with Crippen molar-refractivity contribution in [3.05, 3.63) is 17.0 Å². The molecule has 2 N–H and O–H groups in total. The summed E-state index contributed by atoms with van der Waals surface area (Å²) < 4.78 is 27.3. The van der Waals surface area contributed by atoms with Gasteiger partial charge in [-0.2, -0.15) is 0 Å². The molecule has 0 unspecified atom stereocenters. The molecule has 1 saturated carbocycles. The fourth-order valence-corrected chi connectivity index (χ4v) is 4.35. The lowest BCUT2D eigenvalue weighted by molar-refractivity contribution is 0.577. The van der Waals surface area contributed by atoms with Crippen LogP contribution in [0.3, 0.4) is 0 Å². The largest absolute Gasteiger partial charge is 0.317 e. The Morgan fingerprint density at radius 1 is 1.32 bits per heavy atom. The van der Waals surface area contributed by atoms with Gasteiger partial charge in [0, 0.05) is 11.4 Å². The Bertz CT molecular complexity index is 492. The molecule has 1 aliphatic carbocycles. The molecule has 1 fully saturated rings. The zero-order valence-electron chi connectivity index (χ0n) is 11.3. The third kappa shape index (κ3) is 4.87.